The van der Waals surface area contributed by atoms with Crippen molar-refractivity contribution in [1.82, 2.24) is 0 Å². The fraction of sp³-hybridized carbons (Fsp3) is 0.385. The normalized spacial score (nSPS) is 12.4. The average molecular weight is 250 g/mol. The van der Waals surface area contributed by atoms with E-state index in [0.717, 1.165) is 5.56 Å². The van der Waals surface area contributed by atoms with Crippen molar-refractivity contribution in [3.05, 3.63) is 29.3 Å². The summed E-state index contributed by atoms with van der Waals surface area (Å²) >= 11 is 0. The molecule has 0 aliphatic heterocycles. The molecule has 1 atom stereocenters. The van der Waals surface area contributed by atoms with E-state index in [-0.39, 0.29) is 18.1 Å². The van der Waals surface area contributed by atoms with Gasteiger partial charge in [0.05, 0.1) is 0 Å². The maximum Gasteiger partial charge on any atom is 0.320 e. The van der Waals surface area contributed by atoms with Gasteiger partial charge in [-0.2, -0.15) is 0 Å². The molecule has 1 aromatic rings. The van der Waals surface area contributed by atoms with E-state index < -0.39 is 12.0 Å². The highest BCUT2D eigenvalue weighted by atomic mass is 16.4. The van der Waals surface area contributed by atoms with Crippen LogP contribution in [0, 0.1) is 0 Å². The van der Waals surface area contributed by atoms with Crippen LogP contribution in [0.2, 0.25) is 0 Å². The van der Waals surface area contributed by atoms with Crippen LogP contribution in [0.4, 0.5) is 5.69 Å². The van der Waals surface area contributed by atoms with Crippen LogP contribution in [0.1, 0.15) is 42.1 Å². The van der Waals surface area contributed by atoms with E-state index >= 15 is 0 Å². The molecule has 5 nitrogen and oxygen atoms in total. The van der Waals surface area contributed by atoms with Crippen LogP contribution < -0.4 is 11.5 Å². The van der Waals surface area contributed by atoms with Gasteiger partial charge in [0, 0.05) is 17.7 Å². The Balaban J connectivity index is 2.98. The second-order valence-electron chi connectivity index (χ2n) is 4.57. The number of carbonyl (C=O) groups is 2. The third-order valence-electron chi connectivity index (χ3n) is 2.77. The molecule has 0 heterocycles. The number of aliphatic carboxylic acids is 1. The van der Waals surface area contributed by atoms with Gasteiger partial charge in [-0.3, -0.25) is 9.59 Å². The first-order chi connectivity index (χ1) is 8.32. The summed E-state index contributed by atoms with van der Waals surface area (Å²) in [6.07, 6.45) is -0.249. The van der Waals surface area contributed by atoms with Crippen molar-refractivity contribution in [3.63, 3.8) is 0 Å². The molecule has 0 unspecified atom stereocenters. The van der Waals surface area contributed by atoms with E-state index in [4.69, 9.17) is 16.6 Å². The van der Waals surface area contributed by atoms with Gasteiger partial charge in [-0.25, -0.2) is 0 Å². The van der Waals surface area contributed by atoms with Crippen LogP contribution in [-0.4, -0.2) is 22.9 Å². The number of nitrogen functional groups attached to an aromatic ring is 1. The first kappa shape index (κ1) is 14.2. The van der Waals surface area contributed by atoms with Gasteiger partial charge >= 0.3 is 5.97 Å². The van der Waals surface area contributed by atoms with E-state index in [0.29, 0.717) is 11.3 Å². The number of ketones is 1. The van der Waals surface area contributed by atoms with Crippen molar-refractivity contribution in [2.75, 3.05) is 5.73 Å². The summed E-state index contributed by atoms with van der Waals surface area (Å²) < 4.78 is 0. The summed E-state index contributed by atoms with van der Waals surface area (Å²) in [5.74, 6) is -1.27. The zero-order valence-electron chi connectivity index (χ0n) is 10.5. The van der Waals surface area contributed by atoms with Gasteiger partial charge in [-0.05, 0) is 23.6 Å². The quantitative estimate of drug-likeness (QED) is 0.540. The van der Waals surface area contributed by atoms with Crippen LogP contribution in [0.15, 0.2) is 18.2 Å². The summed E-state index contributed by atoms with van der Waals surface area (Å²) in [7, 11) is 0. The van der Waals surface area contributed by atoms with Crippen molar-refractivity contribution in [2.45, 2.75) is 32.2 Å². The van der Waals surface area contributed by atoms with E-state index in [1.165, 1.54) is 0 Å². The molecule has 1 aromatic carbocycles. The molecule has 0 saturated heterocycles. The summed E-state index contributed by atoms with van der Waals surface area (Å²) in [6, 6.07) is 4.03. The van der Waals surface area contributed by atoms with Crippen LogP contribution >= 0.6 is 0 Å². The van der Waals surface area contributed by atoms with E-state index in [1.807, 2.05) is 19.9 Å². The lowest BCUT2D eigenvalue weighted by Crippen LogP contribution is -2.32. The second-order valence-corrected chi connectivity index (χ2v) is 4.57. The number of Topliss-reactive ketones (excluding diaryl/α,β-unsaturated/α-hetero) is 1. The fourth-order valence-corrected chi connectivity index (χ4v) is 1.57. The molecule has 98 valence electrons. The molecule has 5 N–H and O–H groups in total. The minimum absolute atomic E-state index is 0.249. The molecule has 0 fully saturated rings. The van der Waals surface area contributed by atoms with Gasteiger partial charge in [0.1, 0.15) is 6.04 Å². The predicted molar refractivity (Wildman–Crippen MR) is 69.5 cm³/mol. The van der Waals surface area contributed by atoms with E-state index in [2.05, 4.69) is 0 Å². The standard InChI is InChI=1S/C13H18N2O3/c1-7(2)8-3-4-10(14)9(5-8)12(16)6-11(15)13(17)18/h3-5,7,11H,6,14-15H2,1-2H3,(H,17,18)/t11-/m1/s1. The fourth-order valence-electron chi connectivity index (χ4n) is 1.57. The van der Waals surface area contributed by atoms with Gasteiger partial charge < -0.3 is 16.6 Å². The number of carboxylic acids is 1. The minimum Gasteiger partial charge on any atom is -0.480 e. The molecule has 0 radical (unpaired) electrons. The Morgan fingerprint density at radius 3 is 2.44 bits per heavy atom. The molecule has 0 bridgehead atoms. The Morgan fingerprint density at radius 1 is 1.33 bits per heavy atom. The largest absolute Gasteiger partial charge is 0.480 e. The van der Waals surface area contributed by atoms with Crippen LogP contribution in [0.25, 0.3) is 0 Å². The van der Waals surface area contributed by atoms with Crippen molar-refractivity contribution in [1.29, 1.82) is 0 Å². The zero-order chi connectivity index (χ0) is 13.9. The molecule has 0 amide bonds. The average Bonchev–Trinajstić information content (AvgIpc) is 2.28. The summed E-state index contributed by atoms with van der Waals surface area (Å²) in [5.41, 5.74) is 12.8. The van der Waals surface area contributed by atoms with Crippen molar-refractivity contribution in [2.24, 2.45) is 5.73 Å². The van der Waals surface area contributed by atoms with Crippen molar-refractivity contribution >= 4 is 17.4 Å². The van der Waals surface area contributed by atoms with Crippen LogP contribution in [-0.2, 0) is 4.79 Å². The van der Waals surface area contributed by atoms with Crippen molar-refractivity contribution in [3.8, 4) is 0 Å². The lowest BCUT2D eigenvalue weighted by Gasteiger charge is -2.11. The highest BCUT2D eigenvalue weighted by Crippen LogP contribution is 2.21. The minimum atomic E-state index is -1.19. The lowest BCUT2D eigenvalue weighted by atomic mass is 9.96. The molecular weight excluding hydrogens is 232 g/mol. The first-order valence-corrected chi connectivity index (χ1v) is 5.74. The molecule has 0 aliphatic rings. The van der Waals surface area contributed by atoms with Crippen LogP contribution in [0.5, 0.6) is 0 Å². The SMILES string of the molecule is CC(C)c1ccc(N)c(C(=O)C[C@@H](N)C(=O)O)c1. The van der Waals surface area contributed by atoms with Gasteiger partial charge in [0.2, 0.25) is 0 Å². The number of rotatable bonds is 5. The Hall–Kier alpha value is -1.88. The van der Waals surface area contributed by atoms with Gasteiger partial charge in [-0.1, -0.05) is 19.9 Å². The number of anilines is 1. The number of nitrogens with two attached hydrogens (primary N) is 2. The predicted octanol–water partition coefficient (Wildman–Crippen LogP) is 1.38. The molecule has 0 spiro atoms. The molecule has 0 aromatic heterocycles. The Kier molecular flexibility index (Phi) is 4.44. The third kappa shape index (κ3) is 3.30. The maximum absolute atomic E-state index is 11.9. The Labute approximate surface area is 106 Å². The molecule has 0 saturated carbocycles. The van der Waals surface area contributed by atoms with Gasteiger partial charge in [-0.15, -0.1) is 0 Å². The van der Waals surface area contributed by atoms with Crippen molar-refractivity contribution < 1.29 is 14.7 Å². The second kappa shape index (κ2) is 5.64. The number of carboxylic acid groups (broad SMARTS) is 1. The molecule has 5 heteroatoms. The summed E-state index contributed by atoms with van der Waals surface area (Å²) in [6.45, 7) is 4.01. The smallest absolute Gasteiger partial charge is 0.320 e. The molecule has 0 aliphatic carbocycles. The summed E-state index contributed by atoms with van der Waals surface area (Å²) in [5, 5.41) is 8.68. The highest BCUT2D eigenvalue weighted by molar-refractivity contribution is 6.02. The third-order valence-corrected chi connectivity index (χ3v) is 2.77. The lowest BCUT2D eigenvalue weighted by molar-refractivity contribution is -0.138. The number of carbonyl (C=O) groups excluding carboxylic acids is 1. The molecule has 1 rings (SSSR count). The zero-order valence-corrected chi connectivity index (χ0v) is 10.5. The molecule has 18 heavy (non-hydrogen) atoms. The maximum atomic E-state index is 11.9. The van der Waals surface area contributed by atoms with E-state index in [9.17, 15) is 9.59 Å². The Morgan fingerprint density at radius 2 is 1.94 bits per heavy atom. The topological polar surface area (TPSA) is 106 Å². The highest BCUT2D eigenvalue weighted by Gasteiger charge is 2.19. The van der Waals surface area contributed by atoms with Crippen LogP contribution in [0.3, 0.4) is 0 Å². The number of hydrogen-bond donors (Lipinski definition) is 3. The Bertz CT molecular complexity index is 469. The number of benzene rings is 1. The van der Waals surface area contributed by atoms with Gasteiger partial charge in [0.25, 0.3) is 0 Å². The monoisotopic (exact) mass is 250 g/mol. The van der Waals surface area contributed by atoms with E-state index in [1.54, 1.807) is 12.1 Å². The molecular formula is C13H18N2O3. The van der Waals surface area contributed by atoms with Gasteiger partial charge in [0.15, 0.2) is 5.78 Å². The summed E-state index contributed by atoms with van der Waals surface area (Å²) in [4.78, 5) is 22.5. The number of hydrogen-bond acceptors (Lipinski definition) is 4. The first-order valence-electron chi connectivity index (χ1n) is 5.74.